The fourth-order valence-electron chi connectivity index (χ4n) is 3.00. The first-order valence-corrected chi connectivity index (χ1v) is 12.0. The van der Waals surface area contributed by atoms with Gasteiger partial charge in [-0.3, -0.25) is 9.10 Å². The van der Waals surface area contributed by atoms with Crippen molar-refractivity contribution in [3.05, 3.63) is 93.1 Å². The fourth-order valence-corrected chi connectivity index (χ4v) is 4.86. The van der Waals surface area contributed by atoms with Crippen LogP contribution < -0.4 is 9.73 Å². The molecular weight excluding hydrogens is 525 g/mol. The number of anilines is 1. The Morgan fingerprint density at radius 1 is 1.03 bits per heavy atom. The van der Waals surface area contributed by atoms with Gasteiger partial charge >= 0.3 is 0 Å². The van der Waals surface area contributed by atoms with Crippen LogP contribution in [0, 0.1) is 17.4 Å². The summed E-state index contributed by atoms with van der Waals surface area (Å²) in [5.74, 6) is -0.541. The zero-order chi connectivity index (χ0) is 22.4. The van der Waals surface area contributed by atoms with Crippen LogP contribution in [0.5, 0.6) is 0 Å². The normalized spacial score (nSPS) is 11.5. The van der Waals surface area contributed by atoms with Gasteiger partial charge in [0, 0.05) is 3.57 Å². The average Bonchev–Trinajstić information content (AvgIpc) is 2.74. The number of aryl methyl sites for hydroxylation is 2. The first kappa shape index (κ1) is 23.0. The van der Waals surface area contributed by atoms with E-state index in [-0.39, 0.29) is 4.90 Å². The van der Waals surface area contributed by atoms with Crippen molar-refractivity contribution in [1.29, 1.82) is 0 Å². The van der Waals surface area contributed by atoms with E-state index >= 15 is 0 Å². The lowest BCUT2D eigenvalue weighted by Crippen LogP contribution is -2.40. The molecule has 0 unspecified atom stereocenters. The van der Waals surface area contributed by atoms with Gasteiger partial charge in [-0.05, 0) is 77.9 Å². The van der Waals surface area contributed by atoms with Gasteiger partial charge in [-0.2, -0.15) is 5.10 Å². The highest BCUT2D eigenvalue weighted by Gasteiger charge is 2.28. The number of amides is 1. The molecule has 0 aliphatic carbocycles. The van der Waals surface area contributed by atoms with Crippen LogP contribution in [0.15, 0.2) is 82.8 Å². The number of hydrogen-bond donors (Lipinski definition) is 1. The maximum Gasteiger partial charge on any atom is 0.264 e. The summed E-state index contributed by atoms with van der Waals surface area (Å²) in [5, 5.41) is 3.96. The number of nitrogens with one attached hydrogen (secondary N) is 1. The molecule has 0 heterocycles. The van der Waals surface area contributed by atoms with Gasteiger partial charge < -0.3 is 0 Å². The second-order valence-electron chi connectivity index (χ2n) is 6.96. The second-order valence-corrected chi connectivity index (χ2v) is 10.1. The minimum atomic E-state index is -3.95. The van der Waals surface area contributed by atoms with Crippen LogP contribution in [-0.2, 0) is 14.8 Å². The van der Waals surface area contributed by atoms with Crippen molar-refractivity contribution in [2.45, 2.75) is 18.7 Å². The van der Waals surface area contributed by atoms with Gasteiger partial charge in [0.2, 0.25) is 0 Å². The summed E-state index contributed by atoms with van der Waals surface area (Å²) in [7, 11) is -3.95. The largest absolute Gasteiger partial charge is 0.271 e. The van der Waals surface area contributed by atoms with E-state index in [4.69, 9.17) is 0 Å². The molecule has 3 aromatic rings. The van der Waals surface area contributed by atoms with Crippen LogP contribution in [0.1, 0.15) is 16.7 Å². The van der Waals surface area contributed by atoms with E-state index in [2.05, 4.69) is 33.1 Å². The Hall–Kier alpha value is -2.72. The monoisotopic (exact) mass is 547 g/mol. The molecule has 31 heavy (non-hydrogen) atoms. The highest BCUT2D eigenvalue weighted by molar-refractivity contribution is 14.1. The molecule has 0 aromatic heterocycles. The topological polar surface area (TPSA) is 78.8 Å². The molecule has 8 heteroatoms. The molecule has 160 valence electrons. The third-order valence-corrected chi connectivity index (χ3v) is 7.01. The SMILES string of the molecule is Cc1ccc(N(CC(=O)N/N=C/c2ccc(I)cc2)S(=O)(=O)c2ccccc2)c(C)c1. The van der Waals surface area contributed by atoms with Crippen molar-refractivity contribution in [2.75, 3.05) is 10.8 Å². The van der Waals surface area contributed by atoms with Gasteiger partial charge in [0.15, 0.2) is 0 Å². The quantitative estimate of drug-likeness (QED) is 0.273. The number of carbonyl (C=O) groups is 1. The molecule has 0 radical (unpaired) electrons. The molecule has 3 aromatic carbocycles. The summed E-state index contributed by atoms with van der Waals surface area (Å²) in [6, 6.07) is 21.1. The van der Waals surface area contributed by atoms with Gasteiger partial charge in [-0.25, -0.2) is 13.8 Å². The third-order valence-electron chi connectivity index (χ3n) is 4.51. The van der Waals surface area contributed by atoms with E-state index in [1.165, 1.54) is 18.3 Å². The average molecular weight is 547 g/mol. The first-order valence-electron chi connectivity index (χ1n) is 9.50. The zero-order valence-corrected chi connectivity index (χ0v) is 20.1. The highest BCUT2D eigenvalue weighted by Crippen LogP contribution is 2.27. The van der Waals surface area contributed by atoms with Crippen LogP contribution in [0.4, 0.5) is 5.69 Å². The minimum Gasteiger partial charge on any atom is -0.271 e. The molecular formula is C23H22IN3O3S. The minimum absolute atomic E-state index is 0.116. The molecule has 0 aliphatic heterocycles. The lowest BCUT2D eigenvalue weighted by atomic mass is 10.1. The van der Waals surface area contributed by atoms with E-state index in [0.717, 1.165) is 24.6 Å². The predicted molar refractivity (Wildman–Crippen MR) is 132 cm³/mol. The van der Waals surface area contributed by atoms with Crippen molar-refractivity contribution < 1.29 is 13.2 Å². The number of rotatable bonds is 7. The molecule has 1 N–H and O–H groups in total. The van der Waals surface area contributed by atoms with Gasteiger partial charge in [-0.15, -0.1) is 0 Å². The van der Waals surface area contributed by atoms with Crippen LogP contribution in [0.2, 0.25) is 0 Å². The summed E-state index contributed by atoms with van der Waals surface area (Å²) in [4.78, 5) is 12.7. The highest BCUT2D eigenvalue weighted by atomic mass is 127. The Labute approximate surface area is 196 Å². The Bertz CT molecular complexity index is 1190. The number of sulfonamides is 1. The maximum absolute atomic E-state index is 13.3. The second kappa shape index (κ2) is 10.1. The lowest BCUT2D eigenvalue weighted by Gasteiger charge is -2.25. The van der Waals surface area contributed by atoms with Crippen molar-refractivity contribution >= 4 is 50.4 Å². The van der Waals surface area contributed by atoms with E-state index in [9.17, 15) is 13.2 Å². The lowest BCUT2D eigenvalue weighted by molar-refractivity contribution is -0.119. The summed E-state index contributed by atoms with van der Waals surface area (Å²) < 4.78 is 28.9. The first-order chi connectivity index (χ1) is 14.8. The number of nitrogens with zero attached hydrogens (tertiary/aromatic N) is 2. The van der Waals surface area contributed by atoms with Crippen LogP contribution in [-0.4, -0.2) is 27.1 Å². The van der Waals surface area contributed by atoms with Gasteiger partial charge in [0.25, 0.3) is 15.9 Å². The third kappa shape index (κ3) is 5.92. The summed E-state index contributed by atoms with van der Waals surface area (Å²) in [5.41, 5.74) is 5.46. The number of benzene rings is 3. The summed E-state index contributed by atoms with van der Waals surface area (Å²) in [6.07, 6.45) is 1.52. The smallest absolute Gasteiger partial charge is 0.264 e. The molecule has 0 atom stereocenters. The molecule has 3 rings (SSSR count). The van der Waals surface area contributed by atoms with Crippen molar-refractivity contribution in [1.82, 2.24) is 5.43 Å². The van der Waals surface area contributed by atoms with Gasteiger partial charge in [-0.1, -0.05) is 48.0 Å². The molecule has 0 aliphatic rings. The Morgan fingerprint density at radius 3 is 2.35 bits per heavy atom. The van der Waals surface area contributed by atoms with E-state index in [1.54, 1.807) is 24.3 Å². The molecule has 0 saturated heterocycles. The van der Waals surface area contributed by atoms with E-state index < -0.39 is 22.5 Å². The Balaban J connectivity index is 1.86. The van der Waals surface area contributed by atoms with Crippen molar-refractivity contribution in [3.63, 3.8) is 0 Å². The Kier molecular flexibility index (Phi) is 7.45. The van der Waals surface area contributed by atoms with E-state index in [0.29, 0.717) is 5.69 Å². The summed E-state index contributed by atoms with van der Waals surface area (Å²) in [6.45, 7) is 3.35. The fraction of sp³-hybridized carbons (Fsp3) is 0.130. The van der Waals surface area contributed by atoms with Gasteiger partial charge in [0.1, 0.15) is 6.54 Å². The van der Waals surface area contributed by atoms with Crippen molar-refractivity contribution in [3.8, 4) is 0 Å². The van der Waals surface area contributed by atoms with Crippen LogP contribution in [0.3, 0.4) is 0 Å². The predicted octanol–water partition coefficient (Wildman–Crippen LogP) is 4.25. The van der Waals surface area contributed by atoms with Gasteiger partial charge in [0.05, 0.1) is 16.8 Å². The zero-order valence-electron chi connectivity index (χ0n) is 17.1. The molecule has 0 spiro atoms. The number of halogens is 1. The molecule has 6 nitrogen and oxygen atoms in total. The molecule has 0 bridgehead atoms. The number of hydrazone groups is 1. The van der Waals surface area contributed by atoms with Crippen molar-refractivity contribution in [2.24, 2.45) is 5.10 Å². The van der Waals surface area contributed by atoms with Crippen LogP contribution >= 0.6 is 22.6 Å². The molecule has 1 amide bonds. The maximum atomic E-state index is 13.3. The van der Waals surface area contributed by atoms with E-state index in [1.807, 2.05) is 50.2 Å². The summed E-state index contributed by atoms with van der Waals surface area (Å²) >= 11 is 2.20. The number of carbonyl (C=O) groups excluding carboxylic acids is 1. The van der Waals surface area contributed by atoms with Crippen LogP contribution in [0.25, 0.3) is 0 Å². The standard InChI is InChI=1S/C23H22IN3O3S/c1-17-8-13-22(18(2)14-17)27(31(29,30)21-6-4-3-5-7-21)16-23(28)26-25-15-19-9-11-20(24)12-10-19/h3-15H,16H2,1-2H3,(H,26,28)/b25-15+. The molecule has 0 saturated carbocycles. The Morgan fingerprint density at radius 2 is 1.71 bits per heavy atom. The number of hydrogen-bond acceptors (Lipinski definition) is 4. The molecule has 0 fully saturated rings.